The molecule has 0 bridgehead atoms. The van der Waals surface area contributed by atoms with Gasteiger partial charge in [-0.25, -0.2) is 0 Å². The van der Waals surface area contributed by atoms with Gasteiger partial charge in [-0.05, 0) is 18.9 Å². The highest BCUT2D eigenvalue weighted by atomic mass is 16.6. The molecule has 2 aliphatic heterocycles. The van der Waals surface area contributed by atoms with Crippen molar-refractivity contribution in [2.45, 2.75) is 50.2 Å². The molecular weight excluding hydrogens is 306 g/mol. The fraction of sp³-hybridized carbons (Fsp3) is 0.579. The minimum absolute atomic E-state index is 0.00301. The second-order valence-corrected chi connectivity index (χ2v) is 6.86. The summed E-state index contributed by atoms with van der Waals surface area (Å²) < 4.78 is 11.6. The number of imide groups is 1. The van der Waals surface area contributed by atoms with Crippen molar-refractivity contribution in [1.29, 1.82) is 0 Å². The number of nitrogens with zero attached hydrogens (tertiary/aromatic N) is 1. The van der Waals surface area contributed by atoms with E-state index in [4.69, 9.17) is 9.47 Å². The van der Waals surface area contributed by atoms with Gasteiger partial charge in [0.2, 0.25) is 0 Å². The van der Waals surface area contributed by atoms with Crippen LogP contribution in [0.5, 0.6) is 0 Å². The fourth-order valence-electron chi connectivity index (χ4n) is 4.27. The summed E-state index contributed by atoms with van der Waals surface area (Å²) in [6, 6.07) is 7.39. The van der Waals surface area contributed by atoms with Gasteiger partial charge < -0.3 is 9.47 Å². The van der Waals surface area contributed by atoms with Gasteiger partial charge in [-0.15, -0.1) is 0 Å². The van der Waals surface area contributed by atoms with Crippen LogP contribution >= 0.6 is 0 Å². The SMILES string of the molecule is O=C1c2ccccc2C2(CCOCCO2)C(=O)N1C1CCCCC1. The summed E-state index contributed by atoms with van der Waals surface area (Å²) in [5.74, 6) is -0.356. The highest BCUT2D eigenvalue weighted by Crippen LogP contribution is 2.41. The van der Waals surface area contributed by atoms with Crippen LogP contribution in [0, 0.1) is 0 Å². The zero-order chi connectivity index (χ0) is 16.6. The summed E-state index contributed by atoms with van der Waals surface area (Å²) in [5.41, 5.74) is 0.237. The Morgan fingerprint density at radius 2 is 1.79 bits per heavy atom. The van der Waals surface area contributed by atoms with E-state index < -0.39 is 5.60 Å². The van der Waals surface area contributed by atoms with E-state index in [1.807, 2.05) is 24.3 Å². The molecule has 0 radical (unpaired) electrons. The van der Waals surface area contributed by atoms with Crippen molar-refractivity contribution in [2.75, 3.05) is 19.8 Å². The largest absolute Gasteiger partial charge is 0.379 e. The van der Waals surface area contributed by atoms with Crippen LogP contribution in [0.2, 0.25) is 0 Å². The lowest BCUT2D eigenvalue weighted by molar-refractivity contribution is -0.161. The Balaban J connectivity index is 1.81. The van der Waals surface area contributed by atoms with Gasteiger partial charge in [0.05, 0.1) is 19.8 Å². The molecule has 5 heteroatoms. The number of hydrogen-bond donors (Lipinski definition) is 0. The van der Waals surface area contributed by atoms with Gasteiger partial charge in [-0.3, -0.25) is 14.5 Å². The third kappa shape index (κ3) is 2.38. The first-order chi connectivity index (χ1) is 11.7. The molecule has 3 aliphatic rings. The predicted octanol–water partition coefficient (Wildman–Crippen LogP) is 2.63. The number of ether oxygens (including phenoxy) is 2. The van der Waals surface area contributed by atoms with Crippen LogP contribution < -0.4 is 0 Å². The Bertz CT molecular complexity index is 643. The molecule has 5 nitrogen and oxygen atoms in total. The van der Waals surface area contributed by atoms with Gasteiger partial charge >= 0.3 is 0 Å². The lowest BCUT2D eigenvalue weighted by atomic mass is 9.80. The highest BCUT2D eigenvalue weighted by molar-refractivity contribution is 6.12. The third-order valence-corrected chi connectivity index (χ3v) is 5.49. The summed E-state index contributed by atoms with van der Waals surface area (Å²) in [6.07, 6.45) is 5.57. The van der Waals surface area contributed by atoms with Crippen LogP contribution in [-0.4, -0.2) is 42.6 Å². The molecule has 128 valence electrons. The van der Waals surface area contributed by atoms with Crippen LogP contribution in [0.3, 0.4) is 0 Å². The normalized spacial score (nSPS) is 28.8. The number of fused-ring (bicyclic) bond motifs is 2. The monoisotopic (exact) mass is 329 g/mol. The molecule has 1 aromatic rings. The van der Waals surface area contributed by atoms with E-state index in [1.54, 1.807) is 0 Å². The average molecular weight is 329 g/mol. The van der Waals surface area contributed by atoms with Crippen LogP contribution in [0.4, 0.5) is 0 Å². The summed E-state index contributed by atoms with van der Waals surface area (Å²) in [4.78, 5) is 28.0. The molecule has 2 heterocycles. The van der Waals surface area contributed by atoms with Gasteiger partial charge in [0, 0.05) is 23.6 Å². The molecule has 4 rings (SSSR count). The molecule has 1 aliphatic carbocycles. The maximum Gasteiger partial charge on any atom is 0.266 e. The van der Waals surface area contributed by atoms with Crippen molar-refractivity contribution in [3.05, 3.63) is 35.4 Å². The van der Waals surface area contributed by atoms with Gasteiger partial charge in [0.25, 0.3) is 11.8 Å². The standard InChI is InChI=1S/C19H23NO4/c21-17-15-8-4-5-9-16(15)19(10-11-23-12-13-24-19)18(22)20(17)14-6-2-1-3-7-14/h4-5,8-9,14H,1-3,6-7,10-13H2. The molecule has 2 fully saturated rings. The van der Waals surface area contributed by atoms with Crippen molar-refractivity contribution >= 4 is 11.8 Å². The smallest absolute Gasteiger partial charge is 0.266 e. The van der Waals surface area contributed by atoms with Crippen LogP contribution in [0.25, 0.3) is 0 Å². The van der Waals surface area contributed by atoms with E-state index in [0.717, 1.165) is 25.7 Å². The van der Waals surface area contributed by atoms with E-state index in [1.165, 1.54) is 11.3 Å². The van der Waals surface area contributed by atoms with Crippen LogP contribution in [0.15, 0.2) is 24.3 Å². The second kappa shape index (κ2) is 6.30. The van der Waals surface area contributed by atoms with Gasteiger partial charge in [0.1, 0.15) is 0 Å². The Morgan fingerprint density at radius 1 is 1.00 bits per heavy atom. The van der Waals surface area contributed by atoms with Crippen molar-refractivity contribution < 1.29 is 19.1 Å². The Kier molecular flexibility index (Phi) is 4.14. The highest BCUT2D eigenvalue weighted by Gasteiger charge is 2.53. The number of carbonyl (C=O) groups excluding carboxylic acids is 2. The van der Waals surface area contributed by atoms with Crippen molar-refractivity contribution in [2.24, 2.45) is 0 Å². The average Bonchev–Trinajstić information content (AvgIpc) is 2.88. The first-order valence-electron chi connectivity index (χ1n) is 8.93. The number of carbonyl (C=O) groups is 2. The molecule has 1 spiro atoms. The van der Waals surface area contributed by atoms with Crippen molar-refractivity contribution in [3.63, 3.8) is 0 Å². The first-order valence-corrected chi connectivity index (χ1v) is 8.93. The number of benzene rings is 1. The van der Waals surface area contributed by atoms with E-state index in [-0.39, 0.29) is 17.9 Å². The maximum atomic E-state index is 13.5. The maximum absolute atomic E-state index is 13.5. The summed E-state index contributed by atoms with van der Waals surface area (Å²) in [7, 11) is 0. The predicted molar refractivity (Wildman–Crippen MR) is 87.6 cm³/mol. The number of hydrogen-bond acceptors (Lipinski definition) is 4. The summed E-state index contributed by atoms with van der Waals surface area (Å²) in [6.45, 7) is 1.31. The summed E-state index contributed by atoms with van der Waals surface area (Å²) >= 11 is 0. The zero-order valence-corrected chi connectivity index (χ0v) is 13.8. The van der Waals surface area contributed by atoms with Crippen molar-refractivity contribution in [1.82, 2.24) is 4.90 Å². The van der Waals surface area contributed by atoms with E-state index >= 15 is 0 Å². The Hall–Kier alpha value is -1.72. The Morgan fingerprint density at radius 3 is 2.62 bits per heavy atom. The zero-order valence-electron chi connectivity index (χ0n) is 13.8. The van der Waals surface area contributed by atoms with Gasteiger partial charge in [-0.2, -0.15) is 0 Å². The summed E-state index contributed by atoms with van der Waals surface area (Å²) in [5, 5.41) is 0. The van der Waals surface area contributed by atoms with E-state index in [0.29, 0.717) is 37.4 Å². The van der Waals surface area contributed by atoms with Crippen LogP contribution in [-0.2, 0) is 19.9 Å². The van der Waals surface area contributed by atoms with E-state index in [9.17, 15) is 9.59 Å². The molecule has 0 aromatic heterocycles. The van der Waals surface area contributed by atoms with Gasteiger partial charge in [0.15, 0.2) is 5.60 Å². The molecule has 24 heavy (non-hydrogen) atoms. The Labute approximate surface area is 141 Å². The van der Waals surface area contributed by atoms with Gasteiger partial charge in [-0.1, -0.05) is 37.5 Å². The minimum Gasteiger partial charge on any atom is -0.379 e. The molecule has 0 N–H and O–H groups in total. The lowest BCUT2D eigenvalue weighted by Crippen LogP contribution is -2.59. The molecule has 1 atom stereocenters. The molecule has 1 unspecified atom stereocenters. The minimum atomic E-state index is -1.07. The number of amides is 2. The topological polar surface area (TPSA) is 55.8 Å². The molecule has 1 aromatic carbocycles. The quantitative estimate of drug-likeness (QED) is 0.743. The number of rotatable bonds is 1. The first kappa shape index (κ1) is 15.8. The molecule has 1 saturated carbocycles. The van der Waals surface area contributed by atoms with E-state index in [2.05, 4.69) is 0 Å². The second-order valence-electron chi connectivity index (χ2n) is 6.86. The molecule has 2 amide bonds. The lowest BCUT2D eigenvalue weighted by Gasteiger charge is -2.44. The van der Waals surface area contributed by atoms with Crippen molar-refractivity contribution in [3.8, 4) is 0 Å². The molecular formula is C19H23NO4. The molecule has 1 saturated heterocycles. The van der Waals surface area contributed by atoms with Crippen LogP contribution in [0.1, 0.15) is 54.4 Å². The third-order valence-electron chi connectivity index (χ3n) is 5.49. The fourth-order valence-corrected chi connectivity index (χ4v) is 4.27.